The Morgan fingerprint density at radius 2 is 2.21 bits per heavy atom. The van der Waals surface area contributed by atoms with E-state index in [0.29, 0.717) is 55.0 Å². The molecule has 1 fully saturated rings. The summed E-state index contributed by atoms with van der Waals surface area (Å²) >= 11 is 0. The largest absolute Gasteiger partial charge is 0.486 e. The van der Waals surface area contributed by atoms with Crippen LogP contribution in [-0.2, 0) is 6.42 Å². The Kier molecular flexibility index (Phi) is 3.84. The van der Waals surface area contributed by atoms with Gasteiger partial charge in [-0.15, -0.1) is 0 Å². The SMILES string of the molecule is CCc1nc([C@H]2CCCN2C(=O)c2cccc3c2OCCO3)no1. The van der Waals surface area contributed by atoms with Gasteiger partial charge < -0.3 is 18.9 Å². The summed E-state index contributed by atoms with van der Waals surface area (Å²) in [6, 6.07) is 5.26. The van der Waals surface area contributed by atoms with Crippen LogP contribution < -0.4 is 9.47 Å². The number of carbonyl (C=O) groups is 1. The Labute approximate surface area is 139 Å². The van der Waals surface area contributed by atoms with E-state index in [0.717, 1.165) is 12.8 Å². The summed E-state index contributed by atoms with van der Waals surface area (Å²) in [6.07, 6.45) is 2.44. The molecule has 0 unspecified atom stereocenters. The molecular formula is C17H19N3O4. The van der Waals surface area contributed by atoms with Crippen LogP contribution in [0.15, 0.2) is 22.7 Å². The highest BCUT2D eigenvalue weighted by Gasteiger charge is 2.35. The molecule has 1 aromatic carbocycles. The zero-order valence-corrected chi connectivity index (χ0v) is 13.5. The van der Waals surface area contributed by atoms with Gasteiger partial charge in [-0.2, -0.15) is 4.98 Å². The number of likely N-dealkylation sites (tertiary alicyclic amines) is 1. The van der Waals surface area contributed by atoms with Crippen LogP contribution in [0.4, 0.5) is 0 Å². The highest BCUT2D eigenvalue weighted by molar-refractivity contribution is 5.98. The molecule has 2 aromatic rings. The molecule has 0 aliphatic carbocycles. The van der Waals surface area contributed by atoms with Crippen molar-refractivity contribution >= 4 is 5.91 Å². The Hall–Kier alpha value is -2.57. The Balaban J connectivity index is 1.64. The molecule has 3 heterocycles. The number of fused-ring (bicyclic) bond motifs is 1. The van der Waals surface area contributed by atoms with Gasteiger partial charge in [0.2, 0.25) is 5.89 Å². The first kappa shape index (κ1) is 15.0. The van der Waals surface area contributed by atoms with E-state index in [1.165, 1.54) is 0 Å². The van der Waals surface area contributed by atoms with E-state index in [2.05, 4.69) is 10.1 Å². The molecule has 126 valence electrons. The zero-order valence-electron chi connectivity index (χ0n) is 13.5. The van der Waals surface area contributed by atoms with E-state index in [1.807, 2.05) is 19.1 Å². The number of benzene rings is 1. The second-order valence-corrected chi connectivity index (χ2v) is 5.89. The molecular weight excluding hydrogens is 310 g/mol. The Morgan fingerprint density at radius 1 is 1.33 bits per heavy atom. The molecule has 1 atom stereocenters. The van der Waals surface area contributed by atoms with E-state index in [1.54, 1.807) is 11.0 Å². The van der Waals surface area contributed by atoms with Crippen LogP contribution in [0, 0.1) is 0 Å². The lowest BCUT2D eigenvalue weighted by Gasteiger charge is -2.25. The molecule has 1 aromatic heterocycles. The van der Waals surface area contributed by atoms with Crippen molar-refractivity contribution in [1.29, 1.82) is 0 Å². The van der Waals surface area contributed by atoms with Crippen LogP contribution in [-0.4, -0.2) is 40.7 Å². The van der Waals surface area contributed by atoms with Crippen molar-refractivity contribution < 1.29 is 18.8 Å². The number of hydrogen-bond acceptors (Lipinski definition) is 6. The summed E-state index contributed by atoms with van der Waals surface area (Å²) in [7, 11) is 0. The topological polar surface area (TPSA) is 77.7 Å². The third-order valence-corrected chi connectivity index (χ3v) is 4.39. The average molecular weight is 329 g/mol. The Morgan fingerprint density at radius 3 is 3.04 bits per heavy atom. The lowest BCUT2D eigenvalue weighted by molar-refractivity contribution is 0.0718. The van der Waals surface area contributed by atoms with Crippen molar-refractivity contribution in [2.45, 2.75) is 32.2 Å². The minimum Gasteiger partial charge on any atom is -0.486 e. The minimum atomic E-state index is -0.151. The average Bonchev–Trinajstić information content (AvgIpc) is 3.29. The minimum absolute atomic E-state index is 0.0808. The fourth-order valence-electron chi connectivity index (χ4n) is 3.22. The summed E-state index contributed by atoms with van der Waals surface area (Å²) in [4.78, 5) is 19.3. The lowest BCUT2D eigenvalue weighted by Crippen LogP contribution is -2.32. The summed E-state index contributed by atoms with van der Waals surface area (Å²) in [5, 5.41) is 4.05. The molecule has 1 saturated heterocycles. The molecule has 4 rings (SSSR count). The molecule has 0 N–H and O–H groups in total. The molecule has 0 radical (unpaired) electrons. The maximum atomic E-state index is 13.1. The van der Waals surface area contributed by atoms with Crippen LogP contribution in [0.3, 0.4) is 0 Å². The molecule has 2 aliphatic heterocycles. The monoisotopic (exact) mass is 329 g/mol. The maximum Gasteiger partial charge on any atom is 0.258 e. The molecule has 7 nitrogen and oxygen atoms in total. The third-order valence-electron chi connectivity index (χ3n) is 4.39. The number of amides is 1. The van der Waals surface area contributed by atoms with Crippen molar-refractivity contribution in [2.24, 2.45) is 0 Å². The molecule has 24 heavy (non-hydrogen) atoms. The summed E-state index contributed by atoms with van der Waals surface area (Å²) in [5.74, 6) is 2.25. The number of nitrogens with zero attached hydrogens (tertiary/aromatic N) is 3. The van der Waals surface area contributed by atoms with Gasteiger partial charge in [-0.25, -0.2) is 0 Å². The van der Waals surface area contributed by atoms with Crippen molar-refractivity contribution in [1.82, 2.24) is 15.0 Å². The predicted molar refractivity (Wildman–Crippen MR) is 84.1 cm³/mol. The highest BCUT2D eigenvalue weighted by Crippen LogP contribution is 2.37. The van der Waals surface area contributed by atoms with Gasteiger partial charge in [0.1, 0.15) is 13.2 Å². The van der Waals surface area contributed by atoms with Gasteiger partial charge >= 0.3 is 0 Å². The van der Waals surface area contributed by atoms with Crippen LogP contribution in [0.25, 0.3) is 0 Å². The summed E-state index contributed by atoms with van der Waals surface area (Å²) < 4.78 is 16.5. The van der Waals surface area contributed by atoms with Gasteiger partial charge in [0.15, 0.2) is 17.3 Å². The summed E-state index contributed by atoms with van der Waals surface area (Å²) in [5.41, 5.74) is 0.526. The van der Waals surface area contributed by atoms with Crippen molar-refractivity contribution in [3.8, 4) is 11.5 Å². The van der Waals surface area contributed by atoms with E-state index >= 15 is 0 Å². The molecule has 7 heteroatoms. The maximum absolute atomic E-state index is 13.1. The normalized spacial score (nSPS) is 19.5. The van der Waals surface area contributed by atoms with Gasteiger partial charge in [0, 0.05) is 13.0 Å². The molecule has 0 bridgehead atoms. The van der Waals surface area contributed by atoms with Crippen LogP contribution >= 0.6 is 0 Å². The second-order valence-electron chi connectivity index (χ2n) is 5.89. The predicted octanol–water partition coefficient (Wildman–Crippen LogP) is 2.38. The fourth-order valence-corrected chi connectivity index (χ4v) is 3.22. The van der Waals surface area contributed by atoms with E-state index < -0.39 is 0 Å². The van der Waals surface area contributed by atoms with Gasteiger partial charge in [-0.05, 0) is 25.0 Å². The number of aromatic nitrogens is 2. The van der Waals surface area contributed by atoms with Crippen LogP contribution in [0.1, 0.15) is 47.9 Å². The molecule has 0 saturated carbocycles. The standard InChI is InChI=1S/C17H19N3O4/c1-2-14-18-16(19-24-14)12-6-4-8-20(12)17(21)11-5-3-7-13-15(11)23-10-9-22-13/h3,5,7,12H,2,4,6,8-10H2,1H3/t12-/m1/s1. The lowest BCUT2D eigenvalue weighted by atomic mass is 10.1. The molecule has 2 aliphatic rings. The Bertz CT molecular complexity index is 758. The molecule has 1 amide bonds. The summed E-state index contributed by atoms with van der Waals surface area (Å²) in [6.45, 7) is 3.58. The smallest absolute Gasteiger partial charge is 0.258 e. The highest BCUT2D eigenvalue weighted by atomic mass is 16.6. The van der Waals surface area contributed by atoms with Gasteiger partial charge in [-0.3, -0.25) is 4.79 Å². The fraction of sp³-hybridized carbons (Fsp3) is 0.471. The van der Waals surface area contributed by atoms with Gasteiger partial charge in [0.25, 0.3) is 5.91 Å². The first-order valence-corrected chi connectivity index (χ1v) is 8.30. The van der Waals surface area contributed by atoms with Crippen molar-refractivity contribution in [3.63, 3.8) is 0 Å². The molecule has 0 spiro atoms. The number of aryl methyl sites for hydroxylation is 1. The first-order chi connectivity index (χ1) is 11.8. The van der Waals surface area contributed by atoms with Crippen molar-refractivity contribution in [3.05, 3.63) is 35.5 Å². The first-order valence-electron chi connectivity index (χ1n) is 8.30. The number of rotatable bonds is 3. The number of para-hydroxylation sites is 1. The van der Waals surface area contributed by atoms with E-state index in [4.69, 9.17) is 14.0 Å². The van der Waals surface area contributed by atoms with Gasteiger partial charge in [0.05, 0.1) is 11.6 Å². The number of carbonyl (C=O) groups excluding carboxylic acids is 1. The van der Waals surface area contributed by atoms with Gasteiger partial charge in [-0.1, -0.05) is 18.1 Å². The van der Waals surface area contributed by atoms with Crippen LogP contribution in [0.2, 0.25) is 0 Å². The zero-order chi connectivity index (χ0) is 16.5. The third kappa shape index (κ3) is 2.50. The van der Waals surface area contributed by atoms with Crippen LogP contribution in [0.5, 0.6) is 11.5 Å². The number of hydrogen-bond donors (Lipinski definition) is 0. The second kappa shape index (κ2) is 6.14. The van der Waals surface area contributed by atoms with Crippen molar-refractivity contribution in [2.75, 3.05) is 19.8 Å². The quantitative estimate of drug-likeness (QED) is 0.860. The number of ether oxygens (including phenoxy) is 2. The van der Waals surface area contributed by atoms with E-state index in [9.17, 15) is 4.79 Å². The van der Waals surface area contributed by atoms with E-state index in [-0.39, 0.29) is 11.9 Å².